The van der Waals surface area contributed by atoms with Crippen LogP contribution in [0.4, 0.5) is 0 Å². The minimum absolute atomic E-state index is 0. The smallest absolute Gasteiger partial charge is 0.335 e. The van der Waals surface area contributed by atoms with E-state index in [0.717, 1.165) is 92.1 Å². The number of alkyl halides is 1. The fourth-order valence-corrected chi connectivity index (χ4v) is 9.87. The highest BCUT2D eigenvalue weighted by Crippen LogP contribution is 2.19. The molecule has 4 heterocycles. The molecule has 738 valence electrons. The largest absolute Gasteiger partial charge is 0.478 e. The predicted octanol–water partition coefficient (Wildman–Crippen LogP) is 20.7. The molecule has 0 unspecified atom stereocenters. The lowest BCUT2D eigenvalue weighted by Crippen LogP contribution is -1.97. The summed E-state index contributed by atoms with van der Waals surface area (Å²) in [5.41, 5.74) is 5.29. The van der Waals surface area contributed by atoms with Crippen molar-refractivity contribution in [1.82, 2.24) is 0 Å². The topological polar surface area (TPSA) is 357 Å². The number of carbonyl (C=O) groups excluding carboxylic acids is 1. The van der Waals surface area contributed by atoms with Gasteiger partial charge in [0.15, 0.2) is 25.2 Å². The molecule has 0 amide bonds. The SMILES string of the molecule is CC.CC.CC.CC.CC.CC.CC.CC1OCCO1.CC1OCCO1.CC1OCCO1.CC1OCCO1.CC=O.CO.COC.COCc1ccc(SC)cc1.CSc1ccc(C(=O)O)cc1.CSc1ccc(C(=O)O)cc1.CSc1ccc(CCl)cc1.CSc1ccc(CO)cc1.Cc1ccc(S(=O)(=O)O)cc1.O=C(O)c1ccc(S)cc1.OCCO.[2HH].[2HH].[B].[B].[B].[B].[B].[B]. The van der Waals surface area contributed by atoms with Gasteiger partial charge in [-0.3, -0.25) is 4.55 Å². The van der Waals surface area contributed by atoms with E-state index in [1.807, 2.05) is 175 Å². The molecule has 4 aliphatic rings. The Hall–Kier alpha value is -5.25. The van der Waals surface area contributed by atoms with E-state index in [1.165, 1.54) is 57.0 Å². The van der Waals surface area contributed by atoms with E-state index in [9.17, 15) is 22.8 Å². The van der Waals surface area contributed by atoms with Gasteiger partial charge in [-0.1, -0.05) is 151 Å². The van der Waals surface area contributed by atoms with Crippen molar-refractivity contribution in [3.63, 3.8) is 0 Å². The summed E-state index contributed by atoms with van der Waals surface area (Å²) in [5.74, 6) is -2.06. The Morgan fingerprint density at radius 3 is 0.754 bits per heavy atom. The number of thioether (sulfide) groups is 5. The molecule has 11 rings (SSSR count). The van der Waals surface area contributed by atoms with Gasteiger partial charge in [0.1, 0.15) is 6.29 Å². The van der Waals surface area contributed by atoms with Crippen LogP contribution in [0.25, 0.3) is 0 Å². The highest BCUT2D eigenvalue weighted by atomic mass is 35.5. The zero-order chi connectivity index (χ0) is 97.9. The number of aliphatic hydroxyl groups is 4. The molecule has 8 N–H and O–H groups in total. The molecule has 0 spiro atoms. The van der Waals surface area contributed by atoms with Gasteiger partial charge < -0.3 is 87.9 Å². The van der Waals surface area contributed by atoms with E-state index in [2.05, 4.69) is 78.4 Å². The minimum atomic E-state index is -4.02. The highest BCUT2D eigenvalue weighted by Gasteiger charge is 2.11. The quantitative estimate of drug-likeness (QED) is 0.0122. The van der Waals surface area contributed by atoms with E-state index in [-0.39, 0.29) is 109 Å². The van der Waals surface area contributed by atoms with Crippen molar-refractivity contribution in [2.24, 2.45) is 0 Å². The number of ether oxygens (including phenoxy) is 10. The molecular formula is C92H159B6ClO24S7. The van der Waals surface area contributed by atoms with E-state index in [1.54, 1.807) is 153 Å². The molecule has 7 aromatic rings. The van der Waals surface area contributed by atoms with Crippen molar-refractivity contribution in [2.75, 3.05) is 126 Å². The van der Waals surface area contributed by atoms with Gasteiger partial charge in [-0.2, -0.15) is 8.42 Å². The first-order valence-corrected chi connectivity index (χ1v) is 48.9. The van der Waals surface area contributed by atoms with Gasteiger partial charge in [-0.15, -0.1) is 83.0 Å². The van der Waals surface area contributed by atoms with Crippen LogP contribution in [0.1, 0.15) is 188 Å². The summed E-state index contributed by atoms with van der Waals surface area (Å²) < 4.78 is 78.2. The first kappa shape index (κ1) is 165. The summed E-state index contributed by atoms with van der Waals surface area (Å²) in [5, 5.41) is 56.5. The van der Waals surface area contributed by atoms with E-state index in [0.29, 0.717) is 23.6 Å². The first-order valence-electron chi connectivity index (χ1n) is 40.3. The molecule has 0 aromatic heterocycles. The van der Waals surface area contributed by atoms with Crippen molar-refractivity contribution < 1.29 is 118 Å². The molecule has 4 saturated heterocycles. The number of rotatable bonds is 14. The maximum absolute atomic E-state index is 10.5. The molecular weight excluding hydrogens is 1810 g/mol. The molecule has 0 bridgehead atoms. The van der Waals surface area contributed by atoms with Crippen molar-refractivity contribution in [3.05, 3.63) is 209 Å². The zero-order valence-electron chi connectivity index (χ0n) is 82.6. The minimum Gasteiger partial charge on any atom is -0.478 e. The van der Waals surface area contributed by atoms with Gasteiger partial charge >= 0.3 is 17.9 Å². The summed E-state index contributed by atoms with van der Waals surface area (Å²) in [7, 11) is 1.94. The summed E-state index contributed by atoms with van der Waals surface area (Å²) in [6, 6.07) is 50.5. The number of carboxylic acids is 3. The number of carbonyl (C=O) groups is 4. The van der Waals surface area contributed by atoms with Crippen LogP contribution >= 0.6 is 83.0 Å². The number of aldehydes is 1. The van der Waals surface area contributed by atoms with Crippen LogP contribution in [-0.4, -0.2) is 274 Å². The molecule has 24 nitrogen and oxygen atoms in total. The predicted molar refractivity (Wildman–Crippen MR) is 564 cm³/mol. The Morgan fingerprint density at radius 2 is 0.600 bits per heavy atom. The Balaban J connectivity index is -0.0000000609. The Morgan fingerprint density at radius 1 is 0.408 bits per heavy atom. The molecule has 4 aliphatic heterocycles. The van der Waals surface area contributed by atoms with Gasteiger partial charge in [-0.05, 0) is 211 Å². The third-order valence-corrected chi connectivity index (χ3v) is 17.7. The second kappa shape index (κ2) is 128. The van der Waals surface area contributed by atoms with Gasteiger partial charge in [0, 0.05) is 117 Å². The van der Waals surface area contributed by atoms with E-state index in [4.69, 9.17) is 99.3 Å². The number of aromatic carboxylic acids is 3. The fraction of sp³-hybridized carbons (Fsp3) is 0.500. The third kappa shape index (κ3) is 110. The lowest BCUT2D eigenvalue weighted by atomic mass is 10.2. The molecule has 18 radical (unpaired) electrons. The van der Waals surface area contributed by atoms with Gasteiger partial charge in [0.2, 0.25) is 0 Å². The van der Waals surface area contributed by atoms with Crippen LogP contribution in [0.15, 0.2) is 204 Å². The normalized spacial score (nSPS) is 11.2. The third-order valence-electron chi connectivity index (χ3n) is 12.5. The van der Waals surface area contributed by atoms with Crippen LogP contribution < -0.4 is 0 Å². The summed E-state index contributed by atoms with van der Waals surface area (Å²) in [6.07, 6.45) is 11.0. The van der Waals surface area contributed by atoms with Gasteiger partial charge in [-0.25, -0.2) is 14.4 Å². The van der Waals surface area contributed by atoms with Crippen LogP contribution in [0, 0.1) is 6.92 Å². The van der Waals surface area contributed by atoms with Crippen molar-refractivity contribution >= 4 is 168 Å². The number of benzene rings is 7. The average molecular weight is 1980 g/mol. The van der Waals surface area contributed by atoms with Crippen LogP contribution in [0.2, 0.25) is 0 Å². The van der Waals surface area contributed by atoms with Crippen molar-refractivity contribution in [2.45, 2.75) is 217 Å². The van der Waals surface area contributed by atoms with Gasteiger partial charge in [0.05, 0.1) is 101 Å². The van der Waals surface area contributed by atoms with Crippen LogP contribution in [0.5, 0.6) is 0 Å². The molecule has 0 saturated carbocycles. The number of hydrogen-bond acceptors (Lipinski definition) is 26. The summed E-state index contributed by atoms with van der Waals surface area (Å²) in [4.78, 5) is 46.6. The van der Waals surface area contributed by atoms with Crippen molar-refractivity contribution in [1.29, 1.82) is 0 Å². The first-order chi connectivity index (χ1) is 59.6. The van der Waals surface area contributed by atoms with E-state index >= 15 is 0 Å². The molecule has 4 fully saturated rings. The van der Waals surface area contributed by atoms with Crippen LogP contribution in [0.3, 0.4) is 0 Å². The molecule has 7 aromatic carbocycles. The Kier molecular flexibility index (Phi) is 162. The molecule has 130 heavy (non-hydrogen) atoms. The van der Waals surface area contributed by atoms with Crippen LogP contribution in [-0.2, 0) is 81.4 Å². The maximum Gasteiger partial charge on any atom is 0.335 e. The second-order valence-electron chi connectivity index (χ2n) is 20.8. The zero-order valence-corrected chi connectivity index (χ0v) is 89.1. The lowest BCUT2D eigenvalue weighted by Gasteiger charge is -1.99. The number of thiol groups is 1. The molecule has 0 aliphatic carbocycles. The Labute approximate surface area is 831 Å². The monoisotopic (exact) mass is 1970 g/mol. The summed E-state index contributed by atoms with van der Waals surface area (Å²) in [6.45, 7) is 45.6. The number of carboxylic acid groups (broad SMARTS) is 3. The number of halogens is 1. The Bertz CT molecular complexity index is 3250. The standard InChI is InChI=1S/C9H12OS.C8H9ClS.2C8H8O2S.C8H10OS.C7H8O3S.C7H6O2S.4C4H8O2.C2H6O2.C2H6O.C2H4O.7C2H6.CH4O.6B.2H2/c1-10-7-8-3-5-9(11-2)6-4-8;1-10-8-4-2-7(6-9)3-5-8;2*1-11-7-4-2-6(3-5-7)8(9)10;1-10-8-4-2-7(6-9)3-5-8;1-6-2-4-7(5-3-6)11(8,9)10;8-7(9)5-1-3-6(10)4-2-5;4*1-4-5-2-3-6-4;3-1-2-4;1-3-2;1-2-3;8*1-2;;;;;;;;/h3-6H,7H2,1-2H3;2-5H,6H2,1H3;2*2-5H,1H3,(H,9,10);2-5,9H,6H2,1H3;2-5H,1H3,(H,8,9,10);1-4,10H,(H,8,9);4*4H,2-3H2,1H3;3-4H,1-2H2;1-2H3;2H,1H3;7*1-2H3;2H,1H3;;;;;;;2*1H/i;;;;;;;;;;;;;;;;;;;;;;;;;;;;2*1+1. The van der Waals surface area contributed by atoms with Gasteiger partial charge in [0.25, 0.3) is 10.1 Å². The number of methoxy groups -OCH3 is 2. The fourth-order valence-electron chi connectivity index (χ4n) is 7.02. The molecule has 0 atom stereocenters. The molecule has 38 heteroatoms. The second-order valence-corrected chi connectivity index (χ2v) is 27.4. The lowest BCUT2D eigenvalue weighted by molar-refractivity contribution is -0.106. The summed E-state index contributed by atoms with van der Waals surface area (Å²) >= 11 is 18.0. The number of hydrogen-bond donors (Lipinski definition) is 9. The van der Waals surface area contributed by atoms with E-state index < -0.39 is 28.0 Å². The number of aryl methyl sites for hydroxylation is 1. The maximum atomic E-state index is 10.5. The highest BCUT2D eigenvalue weighted by molar-refractivity contribution is 7.99. The van der Waals surface area contributed by atoms with Crippen molar-refractivity contribution in [3.8, 4) is 0 Å². The average Bonchev–Trinajstić information content (AvgIpc) is 1.25. The number of aliphatic hydroxyl groups excluding tert-OH is 4.